The van der Waals surface area contributed by atoms with Crippen molar-refractivity contribution in [2.24, 2.45) is 0 Å². The van der Waals surface area contributed by atoms with Gasteiger partial charge >= 0.3 is 0 Å². The molecule has 0 aromatic heterocycles. The third-order valence-electron chi connectivity index (χ3n) is 2.88. The second-order valence-electron chi connectivity index (χ2n) is 4.36. The third kappa shape index (κ3) is 3.86. The maximum atomic E-state index is 9.69. The topological polar surface area (TPSA) is 24.6 Å². The Morgan fingerprint density at radius 3 is 2.60 bits per heavy atom. The third-order valence-corrected chi connectivity index (χ3v) is 2.88. The van der Waals surface area contributed by atoms with Gasteiger partial charge in [0.15, 0.2) is 6.20 Å². The fourth-order valence-electron chi connectivity index (χ4n) is 1.88. The monoisotopic (exact) mass is 261 g/mol. The first-order valence-corrected chi connectivity index (χ1v) is 6.36. The van der Waals surface area contributed by atoms with Gasteiger partial charge in [-0.1, -0.05) is 54.6 Å². The molecule has 0 aliphatic rings. The highest BCUT2D eigenvalue weighted by atomic mass is 16.3. The van der Waals surface area contributed by atoms with E-state index in [4.69, 9.17) is 6.57 Å². The van der Waals surface area contributed by atoms with Crippen molar-refractivity contribution in [2.45, 2.75) is 6.42 Å². The fraction of sp³-hybridized carbons (Fsp3) is 0.0556. The normalized spacial score (nSPS) is 10.9. The van der Waals surface area contributed by atoms with Crippen molar-refractivity contribution in [2.75, 3.05) is 0 Å². The van der Waals surface area contributed by atoms with Gasteiger partial charge < -0.3 is 5.11 Å². The van der Waals surface area contributed by atoms with E-state index in [1.807, 2.05) is 30.3 Å². The minimum Gasteiger partial charge on any atom is -0.507 e. The molecule has 0 saturated carbocycles. The second kappa shape index (κ2) is 6.96. The van der Waals surface area contributed by atoms with E-state index < -0.39 is 0 Å². The largest absolute Gasteiger partial charge is 0.507 e. The van der Waals surface area contributed by atoms with Crippen LogP contribution >= 0.6 is 0 Å². The lowest BCUT2D eigenvalue weighted by Gasteiger charge is -2.02. The van der Waals surface area contributed by atoms with Crippen molar-refractivity contribution in [1.29, 1.82) is 0 Å². The Balaban J connectivity index is 2.09. The number of allylic oxidation sites excluding steroid dienone is 1. The lowest BCUT2D eigenvalue weighted by molar-refractivity contribution is 0.474. The molecule has 2 heteroatoms. The summed E-state index contributed by atoms with van der Waals surface area (Å²) in [4.78, 5) is 3.15. The Bertz CT molecular complexity index is 664. The van der Waals surface area contributed by atoms with Crippen LogP contribution in [-0.4, -0.2) is 5.11 Å². The van der Waals surface area contributed by atoms with Crippen LogP contribution in [0, 0.1) is 6.57 Å². The highest BCUT2D eigenvalue weighted by Gasteiger charge is 1.98. The number of hydrogen-bond donors (Lipinski definition) is 1. The first-order valence-electron chi connectivity index (χ1n) is 6.36. The molecule has 0 unspecified atom stereocenters. The van der Waals surface area contributed by atoms with Crippen LogP contribution < -0.4 is 0 Å². The van der Waals surface area contributed by atoms with Crippen LogP contribution in [0.5, 0.6) is 5.75 Å². The molecule has 20 heavy (non-hydrogen) atoms. The maximum absolute atomic E-state index is 9.69. The number of nitrogens with zero attached hydrogens (tertiary/aromatic N) is 1. The van der Waals surface area contributed by atoms with Crippen molar-refractivity contribution in [3.63, 3.8) is 0 Å². The molecular formula is C18H15NO. The Morgan fingerprint density at radius 1 is 1.05 bits per heavy atom. The summed E-state index contributed by atoms with van der Waals surface area (Å²) in [6.45, 7) is 6.73. The predicted molar refractivity (Wildman–Crippen MR) is 82.9 cm³/mol. The molecule has 0 spiro atoms. The average molecular weight is 261 g/mol. The van der Waals surface area contributed by atoms with Crippen molar-refractivity contribution >= 4 is 12.2 Å². The Morgan fingerprint density at radius 2 is 1.85 bits per heavy atom. The number of phenolic OH excluding ortho intramolecular Hbond substituents is 1. The molecule has 0 amide bonds. The molecule has 2 aromatic carbocycles. The molecule has 2 rings (SSSR count). The van der Waals surface area contributed by atoms with Gasteiger partial charge in [0.1, 0.15) is 5.75 Å². The summed E-state index contributed by atoms with van der Waals surface area (Å²) >= 11 is 0. The van der Waals surface area contributed by atoms with E-state index >= 15 is 0 Å². The Kier molecular flexibility index (Phi) is 4.75. The molecule has 0 aliphatic carbocycles. The minimum absolute atomic E-state index is 0.195. The van der Waals surface area contributed by atoms with Crippen molar-refractivity contribution in [1.82, 2.24) is 0 Å². The highest BCUT2D eigenvalue weighted by molar-refractivity contribution is 5.59. The van der Waals surface area contributed by atoms with Crippen LogP contribution in [-0.2, 0) is 6.42 Å². The summed E-state index contributed by atoms with van der Waals surface area (Å²) in [5, 5.41) is 9.69. The van der Waals surface area contributed by atoms with E-state index in [0.717, 1.165) is 12.0 Å². The van der Waals surface area contributed by atoms with Gasteiger partial charge in [0.2, 0.25) is 0 Å². The quantitative estimate of drug-likeness (QED) is 0.803. The van der Waals surface area contributed by atoms with Gasteiger partial charge in [-0.2, -0.15) is 0 Å². The molecule has 0 fully saturated rings. The first-order chi connectivity index (χ1) is 9.79. The second-order valence-corrected chi connectivity index (χ2v) is 4.36. The molecule has 0 bridgehead atoms. The average Bonchev–Trinajstić information content (AvgIpc) is 2.49. The van der Waals surface area contributed by atoms with Crippen molar-refractivity contribution in [3.05, 3.63) is 88.9 Å². The van der Waals surface area contributed by atoms with Gasteiger partial charge in [0, 0.05) is 5.56 Å². The minimum atomic E-state index is 0.195. The molecular weight excluding hydrogens is 246 g/mol. The molecule has 2 nitrogen and oxygen atoms in total. The van der Waals surface area contributed by atoms with Gasteiger partial charge in [-0.15, -0.1) is 0 Å². The molecule has 0 heterocycles. The first kappa shape index (κ1) is 13.6. The molecule has 0 radical (unpaired) electrons. The van der Waals surface area contributed by atoms with E-state index in [1.165, 1.54) is 11.8 Å². The van der Waals surface area contributed by atoms with Crippen LogP contribution in [0.1, 0.15) is 16.7 Å². The number of rotatable bonds is 4. The zero-order valence-corrected chi connectivity index (χ0v) is 11.0. The lowest BCUT2D eigenvalue weighted by atomic mass is 10.1. The number of benzene rings is 2. The number of phenols is 1. The van der Waals surface area contributed by atoms with E-state index in [0.29, 0.717) is 5.56 Å². The molecule has 0 atom stereocenters. The zero-order valence-electron chi connectivity index (χ0n) is 11.0. The summed E-state index contributed by atoms with van der Waals surface area (Å²) < 4.78 is 0. The molecule has 0 aliphatic heterocycles. The van der Waals surface area contributed by atoms with Gasteiger partial charge in [0.25, 0.3) is 0 Å². The summed E-state index contributed by atoms with van der Waals surface area (Å²) in [6.07, 6.45) is 7.91. The van der Waals surface area contributed by atoms with Crippen LogP contribution in [0.3, 0.4) is 0 Å². The van der Waals surface area contributed by atoms with Crippen LogP contribution in [0.2, 0.25) is 0 Å². The van der Waals surface area contributed by atoms with Gasteiger partial charge in [-0.25, -0.2) is 4.85 Å². The van der Waals surface area contributed by atoms with Crippen molar-refractivity contribution in [3.8, 4) is 5.75 Å². The van der Waals surface area contributed by atoms with Crippen LogP contribution in [0.25, 0.3) is 17.0 Å². The van der Waals surface area contributed by atoms with E-state index in [-0.39, 0.29) is 5.75 Å². The summed E-state index contributed by atoms with van der Waals surface area (Å²) in [7, 11) is 0. The van der Waals surface area contributed by atoms with E-state index in [2.05, 4.69) is 29.1 Å². The molecule has 1 N–H and O–H groups in total. The Labute approximate surface area is 119 Å². The summed E-state index contributed by atoms with van der Waals surface area (Å²) in [5.74, 6) is 0.195. The van der Waals surface area contributed by atoms with Gasteiger partial charge in [0.05, 0.1) is 6.57 Å². The van der Waals surface area contributed by atoms with E-state index in [1.54, 1.807) is 12.1 Å². The Hall–Kier alpha value is -2.79. The zero-order chi connectivity index (χ0) is 14.2. The molecule has 0 saturated heterocycles. The van der Waals surface area contributed by atoms with E-state index in [9.17, 15) is 5.11 Å². The fourth-order valence-corrected chi connectivity index (χ4v) is 1.88. The smallest absolute Gasteiger partial charge is 0.154 e. The van der Waals surface area contributed by atoms with Gasteiger partial charge in [-0.3, -0.25) is 0 Å². The lowest BCUT2D eigenvalue weighted by Crippen LogP contribution is -1.83. The number of hydrogen-bond acceptors (Lipinski definition) is 1. The summed E-state index contributed by atoms with van der Waals surface area (Å²) in [5.41, 5.74) is 2.94. The highest BCUT2D eigenvalue weighted by Crippen LogP contribution is 2.20. The summed E-state index contributed by atoms with van der Waals surface area (Å²) in [6, 6.07) is 15.6. The van der Waals surface area contributed by atoms with Crippen LogP contribution in [0.15, 0.2) is 60.8 Å². The number of aromatic hydroxyl groups is 1. The molecule has 2 aromatic rings. The molecule has 98 valence electrons. The van der Waals surface area contributed by atoms with Gasteiger partial charge in [-0.05, 0) is 29.7 Å². The standard InChI is InChI=1S/C18H15NO/c1-19-13-12-17-14-16(10-11-18(17)20)9-5-8-15-6-3-2-4-7-15/h2-8,10-14,20H,9H2/b8-5?,13-12+. The predicted octanol–water partition coefficient (Wildman–Crippen LogP) is 4.54. The van der Waals surface area contributed by atoms with Crippen molar-refractivity contribution < 1.29 is 5.11 Å². The van der Waals surface area contributed by atoms with Crippen LogP contribution in [0.4, 0.5) is 0 Å². The SMILES string of the molecule is [C-]#[N+]/C=C/c1cc(CC=Cc2ccccc2)ccc1O. The maximum Gasteiger partial charge on any atom is 0.154 e.